The summed E-state index contributed by atoms with van der Waals surface area (Å²) in [6.07, 6.45) is 3.51. The van der Waals surface area contributed by atoms with Crippen LogP contribution < -0.4 is 5.32 Å². The van der Waals surface area contributed by atoms with Crippen LogP contribution >= 0.6 is 0 Å². The molecule has 144 valence electrons. The van der Waals surface area contributed by atoms with E-state index in [0.717, 1.165) is 62.6 Å². The van der Waals surface area contributed by atoms with Gasteiger partial charge in [0.1, 0.15) is 11.5 Å². The lowest BCUT2D eigenvalue weighted by Gasteiger charge is -2.33. The average molecular weight is 369 g/mol. The number of hydrogen-bond acceptors (Lipinski definition) is 5. The van der Waals surface area contributed by atoms with Crippen molar-refractivity contribution in [2.75, 3.05) is 33.4 Å². The molecule has 1 N–H and O–H groups in total. The smallest absolute Gasteiger partial charge is 0.227 e. The van der Waals surface area contributed by atoms with Crippen LogP contribution in [0.4, 0.5) is 0 Å². The lowest BCUT2D eigenvalue weighted by Crippen LogP contribution is -2.45. The summed E-state index contributed by atoms with van der Waals surface area (Å²) in [5.41, 5.74) is 1.38. The van der Waals surface area contributed by atoms with Gasteiger partial charge >= 0.3 is 0 Å². The van der Waals surface area contributed by atoms with Gasteiger partial charge in [0.2, 0.25) is 5.91 Å². The minimum Gasteiger partial charge on any atom is -0.381 e. The summed E-state index contributed by atoms with van der Waals surface area (Å²) >= 11 is 0. The Bertz CT molecular complexity index is 770. The second kappa shape index (κ2) is 7.82. The highest BCUT2D eigenvalue weighted by molar-refractivity contribution is 5.83. The van der Waals surface area contributed by atoms with Crippen molar-refractivity contribution in [3.63, 3.8) is 0 Å². The first-order valence-electron chi connectivity index (χ1n) is 9.75. The molecule has 2 aliphatic rings. The summed E-state index contributed by atoms with van der Waals surface area (Å²) in [6, 6.07) is 12.5. The Morgan fingerprint density at radius 1 is 1.30 bits per heavy atom. The van der Waals surface area contributed by atoms with Crippen LogP contribution in [0.3, 0.4) is 0 Å². The van der Waals surface area contributed by atoms with Crippen molar-refractivity contribution in [2.45, 2.75) is 31.7 Å². The molecule has 1 unspecified atom stereocenters. The predicted octanol–water partition coefficient (Wildman–Crippen LogP) is 2.50. The number of benzene rings is 1. The zero-order valence-corrected chi connectivity index (χ0v) is 15.8. The second-order valence-corrected chi connectivity index (χ2v) is 7.64. The number of carbonyl (C=O) groups excluding carboxylic acids is 1. The molecule has 0 bridgehead atoms. The Morgan fingerprint density at radius 2 is 2.07 bits per heavy atom. The number of amides is 1. The van der Waals surface area contributed by atoms with Crippen molar-refractivity contribution in [3.8, 4) is 11.3 Å². The fraction of sp³-hybridized carbons (Fsp3) is 0.524. The molecule has 6 heteroatoms. The molecule has 1 aromatic carbocycles. The van der Waals surface area contributed by atoms with Gasteiger partial charge in [-0.1, -0.05) is 35.5 Å². The van der Waals surface area contributed by atoms with Crippen LogP contribution in [0.5, 0.6) is 0 Å². The Kier molecular flexibility index (Phi) is 5.27. The number of hydrogen-bond donors (Lipinski definition) is 1. The molecule has 2 fully saturated rings. The number of rotatable bonds is 5. The first-order chi connectivity index (χ1) is 13.2. The molecule has 0 radical (unpaired) electrons. The summed E-state index contributed by atoms with van der Waals surface area (Å²) in [6.45, 7) is 3.34. The van der Waals surface area contributed by atoms with E-state index in [0.29, 0.717) is 12.5 Å². The molecule has 0 spiro atoms. The molecular formula is C21H27N3O3. The molecule has 2 aliphatic heterocycles. The zero-order valence-electron chi connectivity index (χ0n) is 15.8. The predicted molar refractivity (Wildman–Crippen MR) is 102 cm³/mol. The minimum atomic E-state index is -0.458. The number of ether oxygens (including phenoxy) is 1. The van der Waals surface area contributed by atoms with Gasteiger partial charge in [0.15, 0.2) is 0 Å². The molecule has 0 saturated carbocycles. The maximum atomic E-state index is 12.8. The molecule has 1 amide bonds. The molecule has 0 aliphatic carbocycles. The van der Waals surface area contributed by atoms with Crippen molar-refractivity contribution in [3.05, 3.63) is 42.2 Å². The summed E-state index contributed by atoms with van der Waals surface area (Å²) in [5.74, 6) is 0.862. The summed E-state index contributed by atoms with van der Waals surface area (Å²) < 4.78 is 11.1. The Balaban J connectivity index is 1.52. The van der Waals surface area contributed by atoms with E-state index in [1.807, 2.05) is 36.4 Å². The van der Waals surface area contributed by atoms with E-state index in [-0.39, 0.29) is 5.91 Å². The molecular weight excluding hydrogens is 342 g/mol. The van der Waals surface area contributed by atoms with E-state index in [4.69, 9.17) is 9.26 Å². The van der Waals surface area contributed by atoms with E-state index in [1.165, 1.54) is 0 Å². The quantitative estimate of drug-likeness (QED) is 0.877. The number of nitrogens with one attached hydrogen (secondary N) is 1. The van der Waals surface area contributed by atoms with E-state index < -0.39 is 5.41 Å². The molecule has 2 saturated heterocycles. The zero-order chi connectivity index (χ0) is 18.7. The van der Waals surface area contributed by atoms with Crippen LogP contribution in [0.25, 0.3) is 11.3 Å². The lowest BCUT2D eigenvalue weighted by molar-refractivity contribution is -0.130. The number of aromatic nitrogens is 1. The van der Waals surface area contributed by atoms with Crippen molar-refractivity contribution >= 4 is 5.91 Å². The normalized spacial score (nSPS) is 24.2. The SMILES string of the molecule is CNC(=O)C1(Cc2cc(-c3ccccc3)no2)CCN(C2CCOCC2)C1. The molecule has 27 heavy (non-hydrogen) atoms. The van der Waals surface area contributed by atoms with Crippen LogP contribution in [0.15, 0.2) is 40.9 Å². The lowest BCUT2D eigenvalue weighted by atomic mass is 9.81. The van der Waals surface area contributed by atoms with Crippen LogP contribution in [0.1, 0.15) is 25.0 Å². The van der Waals surface area contributed by atoms with Gasteiger partial charge in [0.25, 0.3) is 0 Å². The van der Waals surface area contributed by atoms with Gasteiger partial charge in [-0.2, -0.15) is 0 Å². The van der Waals surface area contributed by atoms with Crippen molar-refractivity contribution in [2.24, 2.45) is 5.41 Å². The van der Waals surface area contributed by atoms with Crippen molar-refractivity contribution in [1.29, 1.82) is 0 Å². The molecule has 3 heterocycles. The van der Waals surface area contributed by atoms with Gasteiger partial charge in [-0.05, 0) is 25.8 Å². The third kappa shape index (κ3) is 3.77. The number of carbonyl (C=O) groups is 1. The van der Waals surface area contributed by atoms with Crippen LogP contribution in [-0.2, 0) is 16.0 Å². The number of nitrogens with zero attached hydrogens (tertiary/aromatic N) is 2. The maximum absolute atomic E-state index is 12.8. The van der Waals surface area contributed by atoms with E-state index in [1.54, 1.807) is 7.05 Å². The van der Waals surface area contributed by atoms with Crippen molar-refractivity contribution < 1.29 is 14.1 Å². The third-order valence-corrected chi connectivity index (χ3v) is 5.94. The van der Waals surface area contributed by atoms with Crippen LogP contribution in [-0.4, -0.2) is 55.4 Å². The topological polar surface area (TPSA) is 67.6 Å². The summed E-state index contributed by atoms with van der Waals surface area (Å²) in [5, 5.41) is 7.09. The van der Waals surface area contributed by atoms with Gasteiger partial charge in [-0.25, -0.2) is 0 Å². The molecule has 4 rings (SSSR count). The maximum Gasteiger partial charge on any atom is 0.227 e. The van der Waals surface area contributed by atoms with Gasteiger partial charge in [-0.15, -0.1) is 0 Å². The van der Waals surface area contributed by atoms with Gasteiger partial charge < -0.3 is 14.6 Å². The first kappa shape index (κ1) is 18.2. The van der Waals surface area contributed by atoms with E-state index >= 15 is 0 Å². The Hall–Kier alpha value is -2.18. The highest BCUT2D eigenvalue weighted by Gasteiger charge is 2.46. The van der Waals surface area contributed by atoms with E-state index in [9.17, 15) is 4.79 Å². The standard InChI is InChI=1S/C21H27N3O3/c1-22-20(25)21(9-10-24(15-21)17-7-11-26-12-8-17)14-18-13-19(23-27-18)16-5-3-2-4-6-16/h2-6,13,17H,7-12,14-15H2,1H3,(H,22,25). The number of likely N-dealkylation sites (tertiary alicyclic amines) is 1. The largest absolute Gasteiger partial charge is 0.381 e. The third-order valence-electron chi connectivity index (χ3n) is 5.94. The monoisotopic (exact) mass is 369 g/mol. The van der Waals surface area contributed by atoms with Crippen LogP contribution in [0, 0.1) is 5.41 Å². The molecule has 6 nitrogen and oxygen atoms in total. The fourth-order valence-electron chi connectivity index (χ4n) is 4.42. The highest BCUT2D eigenvalue weighted by Crippen LogP contribution is 2.37. The fourth-order valence-corrected chi connectivity index (χ4v) is 4.42. The van der Waals surface area contributed by atoms with Crippen molar-refractivity contribution in [1.82, 2.24) is 15.4 Å². The minimum absolute atomic E-state index is 0.0923. The van der Waals surface area contributed by atoms with Crippen LogP contribution in [0.2, 0.25) is 0 Å². The molecule has 1 atom stereocenters. The second-order valence-electron chi connectivity index (χ2n) is 7.64. The van der Waals surface area contributed by atoms with Gasteiger partial charge in [-0.3, -0.25) is 9.69 Å². The Labute approximate surface area is 159 Å². The summed E-state index contributed by atoms with van der Waals surface area (Å²) in [4.78, 5) is 15.3. The molecule has 1 aromatic heterocycles. The molecule has 2 aromatic rings. The van der Waals surface area contributed by atoms with Gasteiger partial charge in [0.05, 0.1) is 5.41 Å². The van der Waals surface area contributed by atoms with Gasteiger partial charge in [0, 0.05) is 50.9 Å². The average Bonchev–Trinajstić information content (AvgIpc) is 3.37. The highest BCUT2D eigenvalue weighted by atomic mass is 16.5. The Morgan fingerprint density at radius 3 is 2.81 bits per heavy atom. The summed E-state index contributed by atoms with van der Waals surface area (Å²) in [7, 11) is 1.72. The van der Waals surface area contributed by atoms with E-state index in [2.05, 4.69) is 15.4 Å². The first-order valence-corrected chi connectivity index (χ1v) is 9.75.